The van der Waals surface area contributed by atoms with E-state index >= 15 is 0 Å². The monoisotopic (exact) mass is 502 g/mol. The smallest absolute Gasteiger partial charge is 0.249 e. The lowest BCUT2D eigenvalue weighted by molar-refractivity contribution is -0.143. The van der Waals surface area contributed by atoms with Gasteiger partial charge in [0, 0.05) is 31.0 Å². The van der Waals surface area contributed by atoms with Gasteiger partial charge in [0.2, 0.25) is 11.8 Å². The number of methoxy groups -OCH3 is 1. The van der Waals surface area contributed by atoms with Crippen molar-refractivity contribution in [2.45, 2.75) is 51.9 Å². The molecule has 9 heteroatoms. The molecule has 194 valence electrons. The Labute approximate surface area is 217 Å². The van der Waals surface area contributed by atoms with Gasteiger partial charge in [-0.25, -0.2) is 4.68 Å². The maximum Gasteiger partial charge on any atom is 0.249 e. The van der Waals surface area contributed by atoms with E-state index in [1.807, 2.05) is 99.2 Å². The number of fused-ring (bicyclic) bond motifs is 1. The third-order valence-corrected chi connectivity index (χ3v) is 6.71. The Morgan fingerprint density at radius 2 is 1.81 bits per heavy atom. The molecule has 2 amide bonds. The van der Waals surface area contributed by atoms with Crippen LogP contribution in [0.3, 0.4) is 0 Å². The first-order valence-electron chi connectivity index (χ1n) is 12.4. The van der Waals surface area contributed by atoms with Gasteiger partial charge < -0.3 is 19.5 Å². The van der Waals surface area contributed by atoms with Gasteiger partial charge in [0.15, 0.2) is 6.04 Å². The van der Waals surface area contributed by atoms with Crippen molar-refractivity contribution in [3.63, 3.8) is 0 Å². The number of ether oxygens (including phenoxy) is 1. The van der Waals surface area contributed by atoms with Crippen LogP contribution < -0.4 is 10.1 Å². The fourth-order valence-corrected chi connectivity index (χ4v) is 4.19. The number of benzene rings is 2. The third kappa shape index (κ3) is 5.82. The molecule has 1 unspecified atom stereocenters. The fourth-order valence-electron chi connectivity index (χ4n) is 4.19. The van der Waals surface area contributed by atoms with Gasteiger partial charge in [-0.1, -0.05) is 36.4 Å². The van der Waals surface area contributed by atoms with E-state index in [1.54, 1.807) is 16.7 Å². The van der Waals surface area contributed by atoms with Crippen LogP contribution >= 0.6 is 0 Å². The van der Waals surface area contributed by atoms with E-state index in [1.165, 1.54) is 0 Å². The van der Waals surface area contributed by atoms with Gasteiger partial charge in [0.05, 0.1) is 12.6 Å². The van der Waals surface area contributed by atoms with Crippen LogP contribution in [-0.4, -0.2) is 48.9 Å². The van der Waals surface area contributed by atoms with E-state index in [4.69, 9.17) is 4.74 Å². The Morgan fingerprint density at radius 1 is 1.08 bits per heavy atom. The summed E-state index contributed by atoms with van der Waals surface area (Å²) < 4.78 is 8.75. The second-order valence-electron chi connectivity index (χ2n) is 9.78. The molecule has 4 aromatic rings. The minimum Gasteiger partial charge on any atom is -0.497 e. The number of hydrogen-bond donors (Lipinski definition) is 1. The molecule has 2 aromatic heterocycles. The van der Waals surface area contributed by atoms with Gasteiger partial charge >= 0.3 is 0 Å². The van der Waals surface area contributed by atoms with Crippen molar-refractivity contribution in [3.05, 3.63) is 78.1 Å². The number of nitrogens with zero attached hydrogens (tertiary/aromatic N) is 5. The highest BCUT2D eigenvalue weighted by Gasteiger charge is 2.35. The molecule has 37 heavy (non-hydrogen) atoms. The average molecular weight is 503 g/mol. The van der Waals surface area contributed by atoms with Crippen molar-refractivity contribution in [1.29, 1.82) is 0 Å². The minimum atomic E-state index is -0.852. The van der Waals surface area contributed by atoms with Gasteiger partial charge in [-0.3, -0.25) is 9.59 Å². The Bertz CT molecular complexity index is 1370. The summed E-state index contributed by atoms with van der Waals surface area (Å²) in [5, 5.41) is 11.5. The molecule has 0 aliphatic carbocycles. The Hall–Kier alpha value is -4.14. The van der Waals surface area contributed by atoms with Gasteiger partial charge in [-0.2, -0.15) is 0 Å². The number of hydrogen-bond acceptors (Lipinski definition) is 5. The molecule has 0 aliphatic rings. The van der Waals surface area contributed by atoms with E-state index < -0.39 is 11.6 Å². The number of amides is 2. The molecule has 0 saturated heterocycles. The molecular weight excluding hydrogens is 468 g/mol. The molecule has 1 atom stereocenters. The van der Waals surface area contributed by atoms with Crippen molar-refractivity contribution in [2.24, 2.45) is 7.05 Å². The summed E-state index contributed by atoms with van der Waals surface area (Å²) in [5.41, 5.74) is 2.62. The second-order valence-corrected chi connectivity index (χ2v) is 9.78. The SMILES string of the molecule is CCC(C)(C)NC(=O)C(c1cccn1C)N(Cc1ccc(OC)cc1)C(=O)Cn1nnc2ccccc21. The molecule has 4 rings (SSSR count). The van der Waals surface area contributed by atoms with Crippen molar-refractivity contribution >= 4 is 22.8 Å². The van der Waals surface area contributed by atoms with Crippen LogP contribution in [0, 0.1) is 0 Å². The van der Waals surface area contributed by atoms with E-state index in [2.05, 4.69) is 15.6 Å². The molecule has 0 aliphatic heterocycles. The van der Waals surface area contributed by atoms with Gasteiger partial charge in [0.25, 0.3) is 0 Å². The zero-order chi connectivity index (χ0) is 26.6. The summed E-state index contributed by atoms with van der Waals surface area (Å²) in [5.74, 6) is 0.234. The molecule has 2 aromatic carbocycles. The van der Waals surface area contributed by atoms with Crippen LogP contribution in [0.25, 0.3) is 11.0 Å². The summed E-state index contributed by atoms with van der Waals surface area (Å²) >= 11 is 0. The predicted octanol–water partition coefficient (Wildman–Crippen LogP) is 3.85. The average Bonchev–Trinajstić information content (AvgIpc) is 3.50. The minimum absolute atomic E-state index is 0.0535. The van der Waals surface area contributed by atoms with Gasteiger partial charge in [0.1, 0.15) is 17.8 Å². The number of nitrogens with one attached hydrogen (secondary N) is 1. The van der Waals surface area contributed by atoms with E-state index in [0.29, 0.717) is 5.52 Å². The molecular formula is C28H34N6O3. The summed E-state index contributed by atoms with van der Waals surface area (Å²) in [6, 6.07) is 17.9. The molecule has 9 nitrogen and oxygen atoms in total. The summed E-state index contributed by atoms with van der Waals surface area (Å²) in [6.07, 6.45) is 2.62. The summed E-state index contributed by atoms with van der Waals surface area (Å²) in [7, 11) is 3.49. The van der Waals surface area contributed by atoms with Gasteiger partial charge in [-0.05, 0) is 62.2 Å². The highest BCUT2D eigenvalue weighted by molar-refractivity contribution is 5.89. The topological polar surface area (TPSA) is 94.3 Å². The zero-order valence-electron chi connectivity index (χ0n) is 22.0. The predicted molar refractivity (Wildman–Crippen MR) is 142 cm³/mol. The first kappa shape index (κ1) is 25.9. The molecule has 0 bridgehead atoms. The number of para-hydroxylation sites is 1. The van der Waals surface area contributed by atoms with Crippen molar-refractivity contribution in [1.82, 2.24) is 29.8 Å². The van der Waals surface area contributed by atoms with E-state index in [0.717, 1.165) is 28.9 Å². The summed E-state index contributed by atoms with van der Waals surface area (Å²) in [6.45, 7) is 6.15. The van der Waals surface area contributed by atoms with Crippen LogP contribution in [-0.2, 0) is 29.7 Å². The Balaban J connectivity index is 1.75. The van der Waals surface area contributed by atoms with Crippen LogP contribution in [0.4, 0.5) is 0 Å². The highest BCUT2D eigenvalue weighted by atomic mass is 16.5. The zero-order valence-corrected chi connectivity index (χ0v) is 22.0. The number of carbonyl (C=O) groups excluding carboxylic acids is 2. The first-order valence-corrected chi connectivity index (χ1v) is 12.4. The van der Waals surface area contributed by atoms with Crippen molar-refractivity contribution < 1.29 is 14.3 Å². The number of aryl methyl sites for hydroxylation is 1. The van der Waals surface area contributed by atoms with Crippen LogP contribution in [0.15, 0.2) is 66.9 Å². The van der Waals surface area contributed by atoms with Crippen LogP contribution in [0.2, 0.25) is 0 Å². The number of rotatable bonds is 10. The van der Waals surface area contributed by atoms with Crippen molar-refractivity contribution in [2.75, 3.05) is 7.11 Å². The molecule has 0 fully saturated rings. The van der Waals surface area contributed by atoms with E-state index in [9.17, 15) is 9.59 Å². The lowest BCUT2D eigenvalue weighted by atomic mass is 10.00. The molecule has 0 spiro atoms. The lowest BCUT2D eigenvalue weighted by Gasteiger charge is -2.34. The van der Waals surface area contributed by atoms with Gasteiger partial charge in [-0.15, -0.1) is 5.10 Å². The largest absolute Gasteiger partial charge is 0.497 e. The summed E-state index contributed by atoms with van der Waals surface area (Å²) in [4.78, 5) is 29.5. The maximum atomic E-state index is 14.0. The lowest BCUT2D eigenvalue weighted by Crippen LogP contribution is -2.51. The first-order chi connectivity index (χ1) is 17.7. The number of carbonyl (C=O) groups is 2. The fraction of sp³-hybridized carbons (Fsp3) is 0.357. The third-order valence-electron chi connectivity index (χ3n) is 6.71. The standard InChI is InChI=1S/C28H34N6O3/c1-6-28(2,3)29-27(36)26(24-12-9-17-32(24)4)33(18-20-13-15-21(37-5)16-14-20)25(35)19-34-23-11-8-7-10-22(23)30-31-34/h7-17,26H,6,18-19H2,1-5H3,(H,29,36). The Morgan fingerprint density at radius 3 is 2.46 bits per heavy atom. The maximum absolute atomic E-state index is 14.0. The van der Waals surface area contributed by atoms with Crippen LogP contribution in [0.5, 0.6) is 5.75 Å². The molecule has 2 heterocycles. The van der Waals surface area contributed by atoms with Crippen molar-refractivity contribution in [3.8, 4) is 5.75 Å². The highest BCUT2D eigenvalue weighted by Crippen LogP contribution is 2.27. The number of aromatic nitrogens is 4. The normalized spacial score (nSPS) is 12.4. The second kappa shape index (κ2) is 10.9. The van der Waals surface area contributed by atoms with Crippen LogP contribution in [0.1, 0.15) is 44.5 Å². The molecule has 0 saturated carbocycles. The van der Waals surface area contributed by atoms with E-state index in [-0.39, 0.29) is 24.9 Å². The quantitative estimate of drug-likeness (QED) is 0.355. The Kier molecular flexibility index (Phi) is 7.61. The molecule has 1 N–H and O–H groups in total. The molecule has 0 radical (unpaired) electrons.